The number of rotatable bonds is 4. The van der Waals surface area contributed by atoms with Crippen LogP contribution < -0.4 is 5.73 Å². The van der Waals surface area contributed by atoms with Crippen molar-refractivity contribution in [2.75, 3.05) is 20.8 Å². The van der Waals surface area contributed by atoms with E-state index in [9.17, 15) is 14.7 Å². The summed E-state index contributed by atoms with van der Waals surface area (Å²) in [6, 6.07) is 0. The van der Waals surface area contributed by atoms with Crippen LogP contribution in [0.15, 0.2) is 0 Å². The van der Waals surface area contributed by atoms with Gasteiger partial charge < -0.3 is 29.8 Å². The largest absolute Gasteiger partial charge is 0.469 e. The fourth-order valence-electron chi connectivity index (χ4n) is 3.39. The third kappa shape index (κ3) is 2.60. The molecule has 2 aliphatic rings. The molecule has 8 heteroatoms. The average molecular weight is 317 g/mol. The van der Waals surface area contributed by atoms with Crippen LogP contribution in [0.1, 0.15) is 20.3 Å². The molecule has 0 radical (unpaired) electrons. The van der Waals surface area contributed by atoms with Gasteiger partial charge in [-0.05, 0) is 20.3 Å². The Morgan fingerprint density at radius 3 is 2.36 bits per heavy atom. The number of aliphatic hydroxyl groups is 1. The lowest BCUT2D eigenvalue weighted by molar-refractivity contribution is -0.189. The highest BCUT2D eigenvalue weighted by molar-refractivity contribution is 5.81. The Bertz CT molecular complexity index is 466. The maximum absolute atomic E-state index is 12.0. The van der Waals surface area contributed by atoms with E-state index in [1.54, 1.807) is 13.8 Å². The SMILES string of the molecule is COC(=O)[C@@H]1C[C@H]([C@](O)(CN)C(=O)OC)[C@H]2OC(C)(C)O[C@H]21. The molecule has 2 fully saturated rings. The summed E-state index contributed by atoms with van der Waals surface area (Å²) < 4.78 is 21.0. The zero-order valence-corrected chi connectivity index (χ0v) is 13.2. The molecule has 8 nitrogen and oxygen atoms in total. The molecular weight excluding hydrogens is 294 g/mol. The molecule has 22 heavy (non-hydrogen) atoms. The van der Waals surface area contributed by atoms with Crippen molar-refractivity contribution in [1.29, 1.82) is 0 Å². The topological polar surface area (TPSA) is 117 Å². The standard InChI is InChI=1S/C14H23NO7/c1-13(2)21-9-7(11(16)19-3)5-8(10(9)22-13)14(18,6-15)12(17)20-4/h7-10,18H,5-6,15H2,1-4H3/t7-,8+,9+,10-,14-/m1/s1. The average Bonchev–Trinajstić information content (AvgIpc) is 2.97. The van der Waals surface area contributed by atoms with Gasteiger partial charge in [0.25, 0.3) is 0 Å². The van der Waals surface area contributed by atoms with Gasteiger partial charge in [-0.25, -0.2) is 4.79 Å². The Morgan fingerprint density at radius 1 is 1.27 bits per heavy atom. The molecule has 1 aliphatic carbocycles. The molecule has 0 aromatic rings. The third-order valence-electron chi connectivity index (χ3n) is 4.43. The minimum atomic E-state index is -1.94. The van der Waals surface area contributed by atoms with Gasteiger partial charge in [0.2, 0.25) is 0 Å². The Hall–Kier alpha value is -1.22. The number of methoxy groups -OCH3 is 2. The summed E-state index contributed by atoms with van der Waals surface area (Å²) in [7, 11) is 2.45. The number of carbonyl (C=O) groups excluding carboxylic acids is 2. The second kappa shape index (κ2) is 5.77. The van der Waals surface area contributed by atoms with Crippen LogP contribution in [0.5, 0.6) is 0 Å². The summed E-state index contributed by atoms with van der Waals surface area (Å²) in [4.78, 5) is 24.0. The van der Waals surface area contributed by atoms with E-state index >= 15 is 0 Å². The lowest BCUT2D eigenvalue weighted by Gasteiger charge is -2.33. The van der Waals surface area contributed by atoms with Crippen molar-refractivity contribution in [2.45, 2.75) is 43.9 Å². The molecule has 0 aromatic heterocycles. The van der Waals surface area contributed by atoms with Crippen LogP contribution in [0.3, 0.4) is 0 Å². The summed E-state index contributed by atoms with van der Waals surface area (Å²) in [5.41, 5.74) is 3.66. The summed E-state index contributed by atoms with van der Waals surface area (Å²) in [5.74, 6) is -3.60. The van der Waals surface area contributed by atoms with E-state index in [-0.39, 0.29) is 13.0 Å². The summed E-state index contributed by atoms with van der Waals surface area (Å²) in [6.45, 7) is 3.07. The van der Waals surface area contributed by atoms with Crippen LogP contribution in [0.2, 0.25) is 0 Å². The molecule has 126 valence electrons. The van der Waals surface area contributed by atoms with Crippen LogP contribution in [0.4, 0.5) is 0 Å². The number of nitrogens with two attached hydrogens (primary N) is 1. The van der Waals surface area contributed by atoms with Gasteiger partial charge in [0, 0.05) is 12.5 Å². The van der Waals surface area contributed by atoms with E-state index < -0.39 is 47.4 Å². The van der Waals surface area contributed by atoms with Gasteiger partial charge in [-0.1, -0.05) is 0 Å². The Balaban J connectivity index is 2.36. The van der Waals surface area contributed by atoms with Crippen molar-refractivity contribution < 1.29 is 33.6 Å². The molecule has 0 amide bonds. The van der Waals surface area contributed by atoms with Gasteiger partial charge in [-0.15, -0.1) is 0 Å². The summed E-state index contributed by atoms with van der Waals surface area (Å²) >= 11 is 0. The summed E-state index contributed by atoms with van der Waals surface area (Å²) in [5, 5.41) is 10.7. The molecule has 0 spiro atoms. The highest BCUT2D eigenvalue weighted by atomic mass is 16.8. The number of hydrogen-bond donors (Lipinski definition) is 2. The van der Waals surface area contributed by atoms with Crippen molar-refractivity contribution >= 4 is 11.9 Å². The second-order valence-electron chi connectivity index (χ2n) is 6.16. The second-order valence-corrected chi connectivity index (χ2v) is 6.16. The number of fused-ring (bicyclic) bond motifs is 1. The van der Waals surface area contributed by atoms with E-state index in [0.717, 1.165) is 0 Å². The van der Waals surface area contributed by atoms with Crippen molar-refractivity contribution in [3.05, 3.63) is 0 Å². The first-order chi connectivity index (χ1) is 10.2. The Kier molecular flexibility index (Phi) is 4.49. The first-order valence-corrected chi connectivity index (χ1v) is 7.14. The van der Waals surface area contributed by atoms with Crippen molar-refractivity contribution in [3.63, 3.8) is 0 Å². The molecule has 1 saturated carbocycles. The molecule has 1 aliphatic heterocycles. The van der Waals surface area contributed by atoms with E-state index in [0.29, 0.717) is 0 Å². The van der Waals surface area contributed by atoms with Gasteiger partial charge in [0.1, 0.15) is 6.10 Å². The van der Waals surface area contributed by atoms with Gasteiger partial charge in [0.15, 0.2) is 11.4 Å². The first-order valence-electron chi connectivity index (χ1n) is 7.14. The van der Waals surface area contributed by atoms with Crippen LogP contribution in [-0.4, -0.2) is 61.4 Å². The monoisotopic (exact) mass is 317 g/mol. The quantitative estimate of drug-likeness (QED) is 0.646. The maximum atomic E-state index is 12.0. The number of esters is 2. The predicted molar refractivity (Wildman–Crippen MR) is 73.5 cm³/mol. The first kappa shape index (κ1) is 17.1. The fourth-order valence-corrected chi connectivity index (χ4v) is 3.39. The molecular formula is C14H23NO7. The molecule has 1 saturated heterocycles. The van der Waals surface area contributed by atoms with Crippen LogP contribution >= 0.6 is 0 Å². The highest BCUT2D eigenvalue weighted by Crippen LogP contribution is 2.48. The van der Waals surface area contributed by atoms with Crippen LogP contribution in [-0.2, 0) is 28.5 Å². The van der Waals surface area contributed by atoms with E-state index in [1.807, 2.05) is 0 Å². The van der Waals surface area contributed by atoms with Gasteiger partial charge in [-0.2, -0.15) is 0 Å². The zero-order valence-electron chi connectivity index (χ0n) is 13.2. The predicted octanol–water partition coefficient (Wildman–Crippen LogP) is -0.822. The summed E-state index contributed by atoms with van der Waals surface area (Å²) in [6.07, 6.45) is -1.08. The number of carbonyl (C=O) groups is 2. The van der Waals surface area contributed by atoms with E-state index in [4.69, 9.17) is 19.9 Å². The van der Waals surface area contributed by atoms with Gasteiger partial charge >= 0.3 is 11.9 Å². The fraction of sp³-hybridized carbons (Fsp3) is 0.857. The smallest absolute Gasteiger partial charge is 0.339 e. The van der Waals surface area contributed by atoms with Crippen molar-refractivity contribution in [3.8, 4) is 0 Å². The molecule has 1 heterocycles. The van der Waals surface area contributed by atoms with E-state index in [1.165, 1.54) is 14.2 Å². The number of ether oxygens (including phenoxy) is 4. The van der Waals surface area contributed by atoms with Crippen molar-refractivity contribution in [1.82, 2.24) is 0 Å². The third-order valence-corrected chi connectivity index (χ3v) is 4.43. The van der Waals surface area contributed by atoms with Crippen molar-refractivity contribution in [2.24, 2.45) is 17.6 Å². The van der Waals surface area contributed by atoms with Crippen LogP contribution in [0.25, 0.3) is 0 Å². The van der Waals surface area contributed by atoms with Gasteiger partial charge in [0.05, 0.1) is 26.2 Å². The number of hydrogen-bond acceptors (Lipinski definition) is 8. The molecule has 5 atom stereocenters. The lowest BCUT2D eigenvalue weighted by Crippen LogP contribution is -2.55. The Morgan fingerprint density at radius 2 is 1.86 bits per heavy atom. The lowest BCUT2D eigenvalue weighted by atomic mass is 9.83. The normalized spacial score (nSPS) is 35.5. The maximum Gasteiger partial charge on any atom is 0.339 e. The molecule has 2 rings (SSSR count). The minimum absolute atomic E-state index is 0.168. The highest BCUT2D eigenvalue weighted by Gasteiger charge is 2.63. The molecule has 0 bridgehead atoms. The molecule has 0 aromatic carbocycles. The van der Waals surface area contributed by atoms with E-state index in [2.05, 4.69) is 4.74 Å². The molecule has 0 unspecified atom stereocenters. The van der Waals surface area contributed by atoms with Crippen LogP contribution in [0, 0.1) is 11.8 Å². The molecule has 3 N–H and O–H groups in total. The van der Waals surface area contributed by atoms with Gasteiger partial charge in [-0.3, -0.25) is 4.79 Å². The zero-order chi connectivity index (χ0) is 16.7. The Labute approximate surface area is 128 Å². The minimum Gasteiger partial charge on any atom is -0.469 e.